The van der Waals surface area contributed by atoms with E-state index in [1.165, 1.54) is 6.42 Å². The van der Waals surface area contributed by atoms with Crippen LogP contribution in [0.15, 0.2) is 0 Å². The quantitative estimate of drug-likeness (QED) is 0.321. The van der Waals surface area contributed by atoms with Gasteiger partial charge in [-0.3, -0.25) is 4.79 Å². The van der Waals surface area contributed by atoms with Gasteiger partial charge in [0.25, 0.3) is 0 Å². The van der Waals surface area contributed by atoms with Crippen LogP contribution in [0.5, 0.6) is 0 Å². The van der Waals surface area contributed by atoms with Crippen LogP contribution in [0.3, 0.4) is 0 Å². The van der Waals surface area contributed by atoms with Gasteiger partial charge in [0.1, 0.15) is 12.1 Å². The Balaban J connectivity index is 0.00000784. The molecule has 1 aliphatic carbocycles. The molecule has 0 bridgehead atoms. The lowest BCUT2D eigenvalue weighted by Crippen LogP contribution is -2.54. The first-order valence-electron chi connectivity index (χ1n) is 10.6. The molecule has 8 nitrogen and oxygen atoms in total. The Hall–Kier alpha value is -1.54. The molecule has 0 aliphatic heterocycles. The van der Waals surface area contributed by atoms with Crippen LogP contribution < -0.4 is 21.7 Å². The van der Waals surface area contributed by atoms with E-state index in [0.717, 1.165) is 32.1 Å². The number of hydrogen-bond donors (Lipinski definition) is 5. The molecule has 2 atom stereocenters. The van der Waals surface area contributed by atoms with Crippen molar-refractivity contribution in [1.29, 1.82) is 0 Å². The molecule has 0 spiro atoms. The van der Waals surface area contributed by atoms with Gasteiger partial charge in [-0.2, -0.15) is 0 Å². The van der Waals surface area contributed by atoms with Gasteiger partial charge >= 0.3 is 12.0 Å². The lowest BCUT2D eigenvalue weighted by molar-refractivity contribution is -0.139. The Morgan fingerprint density at radius 2 is 1.66 bits per heavy atom. The van der Waals surface area contributed by atoms with Gasteiger partial charge in [-0.1, -0.05) is 46.0 Å². The highest BCUT2D eigenvalue weighted by molar-refractivity contribution is 5.88. The fourth-order valence-electron chi connectivity index (χ4n) is 3.53. The number of halogens is 1. The zero-order valence-corrected chi connectivity index (χ0v) is 18.6. The third kappa shape index (κ3) is 11.9. The average molecular weight is 435 g/mol. The maximum absolute atomic E-state index is 12.6. The summed E-state index contributed by atoms with van der Waals surface area (Å²) in [5.74, 6) is -0.418. The van der Waals surface area contributed by atoms with Crippen LogP contribution in [-0.2, 0) is 9.59 Å². The smallest absolute Gasteiger partial charge is 0.326 e. The second-order valence-electron chi connectivity index (χ2n) is 8.21. The molecule has 9 heteroatoms. The van der Waals surface area contributed by atoms with Crippen LogP contribution in [0.25, 0.3) is 0 Å². The molecule has 0 radical (unpaired) electrons. The number of amides is 3. The first kappa shape index (κ1) is 27.5. The predicted octanol–water partition coefficient (Wildman–Crippen LogP) is 2.40. The van der Waals surface area contributed by atoms with Crippen LogP contribution in [0.4, 0.5) is 4.79 Å². The van der Waals surface area contributed by atoms with E-state index in [1.54, 1.807) is 0 Å². The molecule has 6 N–H and O–H groups in total. The Morgan fingerprint density at radius 3 is 2.21 bits per heavy atom. The number of carbonyl (C=O) groups excluding carboxylic acids is 2. The molecule has 0 unspecified atom stereocenters. The van der Waals surface area contributed by atoms with Crippen LogP contribution in [0.2, 0.25) is 0 Å². The second kappa shape index (κ2) is 15.3. The molecule has 0 heterocycles. The van der Waals surface area contributed by atoms with Crippen molar-refractivity contribution in [3.05, 3.63) is 0 Å². The summed E-state index contributed by atoms with van der Waals surface area (Å²) in [6, 6.07) is -2.29. The molecule has 0 aromatic rings. The predicted molar refractivity (Wildman–Crippen MR) is 116 cm³/mol. The summed E-state index contributed by atoms with van der Waals surface area (Å²) < 4.78 is 0. The highest BCUT2D eigenvalue weighted by atomic mass is 35.5. The normalized spacial score (nSPS) is 16.4. The van der Waals surface area contributed by atoms with Crippen molar-refractivity contribution < 1.29 is 19.5 Å². The molecule has 0 saturated heterocycles. The largest absolute Gasteiger partial charge is 0.480 e. The third-order valence-corrected chi connectivity index (χ3v) is 5.24. The highest BCUT2D eigenvalue weighted by Crippen LogP contribution is 2.27. The standard InChI is InChI=1S/C20H38N4O4.ClH/c1-14(2)10-12-22-18(25)17(13-15-7-4-3-5-8-15)24-20(28)23-16(19(26)27)9-6-11-21;/h14-17H,3-13,21H2,1-2H3,(H,22,25)(H,26,27)(H2,23,24,28);1H/t16-,17+;/m0./s1. The summed E-state index contributed by atoms with van der Waals surface area (Å²) in [6.07, 6.45) is 7.86. The van der Waals surface area contributed by atoms with E-state index in [1.807, 2.05) is 0 Å². The SMILES string of the molecule is CC(C)CCNC(=O)[C@@H](CC1CCCCC1)NC(=O)N[C@@H](CCCN)C(=O)O.Cl. The van der Waals surface area contributed by atoms with Gasteiger partial charge in [-0.05, 0) is 44.1 Å². The van der Waals surface area contributed by atoms with Gasteiger partial charge in [0.2, 0.25) is 5.91 Å². The van der Waals surface area contributed by atoms with Crippen molar-refractivity contribution in [1.82, 2.24) is 16.0 Å². The first-order chi connectivity index (χ1) is 13.3. The third-order valence-electron chi connectivity index (χ3n) is 5.24. The van der Waals surface area contributed by atoms with Crippen LogP contribution in [-0.4, -0.2) is 48.2 Å². The molecule has 1 saturated carbocycles. The monoisotopic (exact) mass is 434 g/mol. The molecule has 170 valence electrons. The maximum atomic E-state index is 12.6. The number of nitrogens with two attached hydrogens (primary N) is 1. The van der Waals surface area contributed by atoms with Crippen molar-refractivity contribution in [3.8, 4) is 0 Å². The lowest BCUT2D eigenvalue weighted by Gasteiger charge is -2.27. The van der Waals surface area contributed by atoms with Gasteiger partial charge in [0.15, 0.2) is 0 Å². The number of carbonyl (C=O) groups is 3. The Kier molecular flexibility index (Phi) is 14.5. The summed E-state index contributed by atoms with van der Waals surface area (Å²) in [7, 11) is 0. The highest BCUT2D eigenvalue weighted by Gasteiger charge is 2.27. The van der Waals surface area contributed by atoms with E-state index in [2.05, 4.69) is 29.8 Å². The molecule has 0 aromatic carbocycles. The number of nitrogens with one attached hydrogen (secondary N) is 3. The van der Waals surface area contributed by atoms with Crippen molar-refractivity contribution >= 4 is 30.3 Å². The fraction of sp³-hybridized carbons (Fsp3) is 0.850. The number of aliphatic carboxylic acids is 1. The number of carboxylic acid groups (broad SMARTS) is 1. The van der Waals surface area contributed by atoms with E-state index in [-0.39, 0.29) is 24.7 Å². The van der Waals surface area contributed by atoms with Gasteiger partial charge in [0, 0.05) is 6.54 Å². The number of hydrogen-bond acceptors (Lipinski definition) is 4. The molecular formula is C20H39ClN4O4. The Bertz CT molecular complexity index is 499. The molecule has 1 aliphatic rings. The van der Waals surface area contributed by atoms with Gasteiger partial charge < -0.3 is 26.8 Å². The first-order valence-corrected chi connectivity index (χ1v) is 10.6. The minimum Gasteiger partial charge on any atom is -0.480 e. The Morgan fingerprint density at radius 1 is 1.03 bits per heavy atom. The summed E-state index contributed by atoms with van der Waals surface area (Å²) >= 11 is 0. The van der Waals surface area contributed by atoms with Crippen LogP contribution in [0.1, 0.15) is 71.6 Å². The number of rotatable bonds is 12. The van der Waals surface area contributed by atoms with Crippen molar-refractivity contribution in [2.24, 2.45) is 17.6 Å². The molecular weight excluding hydrogens is 396 g/mol. The number of urea groups is 1. The van der Waals surface area contributed by atoms with E-state index in [9.17, 15) is 19.5 Å². The van der Waals surface area contributed by atoms with E-state index in [0.29, 0.717) is 37.8 Å². The topological polar surface area (TPSA) is 134 Å². The van der Waals surface area contributed by atoms with Crippen LogP contribution >= 0.6 is 12.4 Å². The molecule has 0 aromatic heterocycles. The molecule has 1 fully saturated rings. The molecule has 3 amide bonds. The Labute approximate surface area is 180 Å². The summed E-state index contributed by atoms with van der Waals surface area (Å²) in [5.41, 5.74) is 5.43. The van der Waals surface area contributed by atoms with E-state index >= 15 is 0 Å². The van der Waals surface area contributed by atoms with Crippen molar-refractivity contribution in [2.75, 3.05) is 13.1 Å². The molecule has 29 heavy (non-hydrogen) atoms. The van der Waals surface area contributed by atoms with E-state index < -0.39 is 24.1 Å². The minimum absolute atomic E-state index is 0. The number of carboxylic acids is 1. The van der Waals surface area contributed by atoms with Gasteiger partial charge in [-0.25, -0.2) is 9.59 Å². The fourth-order valence-corrected chi connectivity index (χ4v) is 3.53. The maximum Gasteiger partial charge on any atom is 0.326 e. The molecule has 1 rings (SSSR count). The van der Waals surface area contributed by atoms with Crippen molar-refractivity contribution in [3.63, 3.8) is 0 Å². The average Bonchev–Trinajstić information content (AvgIpc) is 2.64. The minimum atomic E-state index is -1.10. The van der Waals surface area contributed by atoms with Crippen molar-refractivity contribution in [2.45, 2.75) is 83.7 Å². The van der Waals surface area contributed by atoms with Gasteiger partial charge in [0.05, 0.1) is 0 Å². The van der Waals surface area contributed by atoms with E-state index in [4.69, 9.17) is 5.73 Å². The lowest BCUT2D eigenvalue weighted by atomic mass is 9.84. The zero-order valence-electron chi connectivity index (χ0n) is 17.7. The summed E-state index contributed by atoms with van der Waals surface area (Å²) in [4.78, 5) is 36.3. The van der Waals surface area contributed by atoms with Gasteiger partial charge in [-0.15, -0.1) is 12.4 Å². The zero-order chi connectivity index (χ0) is 20.9. The van der Waals surface area contributed by atoms with Crippen LogP contribution in [0, 0.1) is 11.8 Å². The summed E-state index contributed by atoms with van der Waals surface area (Å²) in [6.45, 7) is 5.10. The summed E-state index contributed by atoms with van der Waals surface area (Å²) in [5, 5.41) is 17.3. The second-order valence-corrected chi connectivity index (χ2v) is 8.21.